The van der Waals surface area contributed by atoms with E-state index in [1.807, 2.05) is 7.05 Å². The maximum Gasteiger partial charge on any atom is 0.315 e. The summed E-state index contributed by atoms with van der Waals surface area (Å²) in [5.41, 5.74) is 0. The smallest absolute Gasteiger partial charge is 0.315 e. The van der Waals surface area contributed by atoms with Gasteiger partial charge in [-0.3, -0.25) is 4.68 Å². The van der Waals surface area contributed by atoms with Gasteiger partial charge in [0.05, 0.1) is 6.54 Å². The largest absolute Gasteiger partial charge is 0.335 e. The van der Waals surface area contributed by atoms with Crippen LogP contribution in [0.3, 0.4) is 0 Å². The van der Waals surface area contributed by atoms with E-state index in [0.29, 0.717) is 24.4 Å². The molecule has 1 fully saturated rings. The Labute approximate surface area is 114 Å². The molecule has 0 aliphatic heterocycles. The molecule has 0 aromatic carbocycles. The summed E-state index contributed by atoms with van der Waals surface area (Å²) < 4.78 is 1.66. The Bertz CT molecular complexity index is 420. The second kappa shape index (κ2) is 6.04. The van der Waals surface area contributed by atoms with Gasteiger partial charge >= 0.3 is 6.03 Å². The van der Waals surface area contributed by atoms with Crippen LogP contribution in [0.15, 0.2) is 6.33 Å². The molecule has 1 aliphatic carbocycles. The minimum Gasteiger partial charge on any atom is -0.335 e. The average molecular weight is 265 g/mol. The van der Waals surface area contributed by atoms with Crippen LogP contribution in [0.1, 0.15) is 38.9 Å². The van der Waals surface area contributed by atoms with E-state index in [4.69, 9.17) is 0 Å². The second-order valence-electron chi connectivity index (χ2n) is 5.74. The van der Waals surface area contributed by atoms with Crippen molar-refractivity contribution in [2.45, 2.75) is 45.7 Å². The topological polar surface area (TPSA) is 71.8 Å². The molecule has 0 unspecified atom stereocenters. The molecule has 2 atom stereocenters. The molecule has 1 aliphatic rings. The first-order chi connectivity index (χ1) is 9.04. The third kappa shape index (κ3) is 3.94. The molecule has 0 bridgehead atoms. The lowest BCUT2D eigenvalue weighted by Gasteiger charge is -2.31. The highest BCUT2D eigenvalue weighted by Crippen LogP contribution is 2.28. The maximum absolute atomic E-state index is 11.9. The fraction of sp³-hybridized carbons (Fsp3) is 0.769. The summed E-state index contributed by atoms with van der Waals surface area (Å²) in [7, 11) is 1.81. The van der Waals surface area contributed by atoms with E-state index in [2.05, 4.69) is 34.6 Å². The lowest BCUT2D eigenvalue weighted by atomic mass is 9.80. The van der Waals surface area contributed by atoms with Gasteiger partial charge in [-0.2, -0.15) is 5.10 Å². The minimum atomic E-state index is -0.116. The highest BCUT2D eigenvalue weighted by Gasteiger charge is 2.24. The molecule has 106 valence electrons. The SMILES string of the molecule is C[C@@H]1CC(NC(=O)NCc2ncnn2C)C[C@@H](C)C1. The molecule has 6 nitrogen and oxygen atoms in total. The van der Waals surface area contributed by atoms with E-state index >= 15 is 0 Å². The van der Waals surface area contributed by atoms with Crippen molar-refractivity contribution in [1.29, 1.82) is 0 Å². The van der Waals surface area contributed by atoms with Gasteiger partial charge in [-0.15, -0.1) is 0 Å². The van der Waals surface area contributed by atoms with Crippen molar-refractivity contribution in [2.24, 2.45) is 18.9 Å². The van der Waals surface area contributed by atoms with Gasteiger partial charge in [0.2, 0.25) is 0 Å². The molecule has 6 heteroatoms. The molecule has 1 heterocycles. The summed E-state index contributed by atoms with van der Waals surface area (Å²) in [5, 5.41) is 9.85. The quantitative estimate of drug-likeness (QED) is 0.868. The summed E-state index contributed by atoms with van der Waals surface area (Å²) in [6.45, 7) is 4.91. The number of nitrogens with zero attached hydrogens (tertiary/aromatic N) is 3. The normalized spacial score (nSPS) is 27.0. The van der Waals surface area contributed by atoms with Crippen molar-refractivity contribution in [3.05, 3.63) is 12.2 Å². The number of urea groups is 1. The van der Waals surface area contributed by atoms with Crippen molar-refractivity contribution in [1.82, 2.24) is 25.4 Å². The van der Waals surface area contributed by atoms with Crippen LogP contribution in [0.4, 0.5) is 4.79 Å². The van der Waals surface area contributed by atoms with Gasteiger partial charge in [0.15, 0.2) is 0 Å². The Balaban J connectivity index is 1.76. The number of aromatic nitrogens is 3. The highest BCUT2D eigenvalue weighted by molar-refractivity contribution is 5.74. The number of rotatable bonds is 3. The summed E-state index contributed by atoms with van der Waals surface area (Å²) in [4.78, 5) is 15.9. The maximum atomic E-state index is 11.9. The highest BCUT2D eigenvalue weighted by atomic mass is 16.2. The Morgan fingerprint density at radius 2 is 2.05 bits per heavy atom. The van der Waals surface area contributed by atoms with E-state index in [-0.39, 0.29) is 6.03 Å². The zero-order valence-corrected chi connectivity index (χ0v) is 11.9. The molecule has 2 rings (SSSR count). The summed E-state index contributed by atoms with van der Waals surface area (Å²) in [5.74, 6) is 2.13. The van der Waals surface area contributed by atoms with Crippen molar-refractivity contribution >= 4 is 6.03 Å². The van der Waals surface area contributed by atoms with Crippen LogP contribution in [0.25, 0.3) is 0 Å². The number of aryl methyl sites for hydroxylation is 1. The van der Waals surface area contributed by atoms with Crippen molar-refractivity contribution < 1.29 is 4.79 Å². The molecule has 1 aromatic heterocycles. The summed E-state index contributed by atoms with van der Waals surface area (Å²) >= 11 is 0. The molecule has 0 radical (unpaired) electrons. The van der Waals surface area contributed by atoms with E-state index in [1.54, 1.807) is 4.68 Å². The first-order valence-electron chi connectivity index (χ1n) is 6.91. The Hall–Kier alpha value is -1.59. The Kier molecular flexibility index (Phi) is 4.39. The van der Waals surface area contributed by atoms with Crippen LogP contribution in [0.2, 0.25) is 0 Å². The number of carbonyl (C=O) groups excluding carboxylic acids is 1. The lowest BCUT2D eigenvalue weighted by Crippen LogP contribution is -2.45. The van der Waals surface area contributed by atoms with E-state index < -0.39 is 0 Å². The molecule has 2 amide bonds. The predicted octanol–water partition coefficient (Wildman–Crippen LogP) is 1.44. The van der Waals surface area contributed by atoms with Crippen molar-refractivity contribution in [3.8, 4) is 0 Å². The van der Waals surface area contributed by atoms with Crippen molar-refractivity contribution in [2.75, 3.05) is 0 Å². The predicted molar refractivity (Wildman–Crippen MR) is 72.3 cm³/mol. The first-order valence-corrected chi connectivity index (χ1v) is 6.91. The van der Waals surface area contributed by atoms with Crippen LogP contribution in [-0.2, 0) is 13.6 Å². The average Bonchev–Trinajstić information content (AvgIpc) is 2.71. The Morgan fingerprint density at radius 1 is 1.37 bits per heavy atom. The van der Waals surface area contributed by atoms with Crippen LogP contribution >= 0.6 is 0 Å². The number of hydrogen-bond donors (Lipinski definition) is 2. The van der Waals surface area contributed by atoms with Crippen LogP contribution in [-0.4, -0.2) is 26.8 Å². The second-order valence-corrected chi connectivity index (χ2v) is 5.74. The number of amides is 2. The van der Waals surface area contributed by atoms with Gasteiger partial charge in [-0.25, -0.2) is 9.78 Å². The summed E-state index contributed by atoms with van der Waals surface area (Å²) in [6, 6.07) is 0.174. The van der Waals surface area contributed by atoms with Crippen LogP contribution in [0, 0.1) is 11.8 Å². The molecule has 0 spiro atoms. The molecule has 2 N–H and O–H groups in total. The monoisotopic (exact) mass is 265 g/mol. The van der Waals surface area contributed by atoms with Gasteiger partial charge in [-0.1, -0.05) is 13.8 Å². The number of nitrogens with one attached hydrogen (secondary N) is 2. The third-order valence-electron chi connectivity index (χ3n) is 3.73. The van der Waals surface area contributed by atoms with Gasteiger partial charge in [-0.05, 0) is 31.1 Å². The lowest BCUT2D eigenvalue weighted by molar-refractivity contribution is 0.213. The first kappa shape index (κ1) is 13.8. The molecule has 1 saturated carbocycles. The minimum absolute atomic E-state index is 0.116. The number of carbonyl (C=O) groups is 1. The fourth-order valence-corrected chi connectivity index (χ4v) is 2.94. The number of hydrogen-bond acceptors (Lipinski definition) is 3. The molecular weight excluding hydrogens is 242 g/mol. The zero-order chi connectivity index (χ0) is 13.8. The van der Waals surface area contributed by atoms with Crippen LogP contribution < -0.4 is 10.6 Å². The molecular formula is C13H23N5O. The van der Waals surface area contributed by atoms with E-state index in [0.717, 1.165) is 18.7 Å². The fourth-order valence-electron chi connectivity index (χ4n) is 2.94. The van der Waals surface area contributed by atoms with E-state index in [1.165, 1.54) is 12.7 Å². The van der Waals surface area contributed by atoms with Gasteiger partial charge in [0.25, 0.3) is 0 Å². The van der Waals surface area contributed by atoms with E-state index in [9.17, 15) is 4.79 Å². The van der Waals surface area contributed by atoms with Gasteiger partial charge < -0.3 is 10.6 Å². The van der Waals surface area contributed by atoms with Crippen LogP contribution in [0.5, 0.6) is 0 Å². The molecule has 19 heavy (non-hydrogen) atoms. The van der Waals surface area contributed by atoms with Crippen molar-refractivity contribution in [3.63, 3.8) is 0 Å². The molecule has 1 aromatic rings. The molecule has 0 saturated heterocycles. The van der Waals surface area contributed by atoms with Gasteiger partial charge in [0.1, 0.15) is 12.2 Å². The third-order valence-corrected chi connectivity index (χ3v) is 3.73. The summed E-state index contributed by atoms with van der Waals surface area (Å²) in [6.07, 6.45) is 4.89. The standard InChI is InChI=1S/C13H23N5O/c1-9-4-10(2)6-11(5-9)17-13(19)14-7-12-15-8-16-18(12)3/h8-11H,4-7H2,1-3H3,(H2,14,17,19)/t9-,10-/m0/s1. The zero-order valence-electron chi connectivity index (χ0n) is 11.9. The Morgan fingerprint density at radius 3 is 2.63 bits per heavy atom. The van der Waals surface area contributed by atoms with Gasteiger partial charge in [0, 0.05) is 13.1 Å².